The number of rotatable bonds is 8. The van der Waals surface area contributed by atoms with Crippen LogP contribution in [0.5, 0.6) is 23.0 Å². The number of benzene rings is 4. The predicted molar refractivity (Wildman–Crippen MR) is 150 cm³/mol. The summed E-state index contributed by atoms with van der Waals surface area (Å²) >= 11 is 0. The molecular weight excluding hydrogens is 484 g/mol. The average Bonchev–Trinajstić information content (AvgIpc) is 2.94. The fraction of sp³-hybridized carbons (Fsp3) is 0.258. The topological polar surface area (TPSA) is 54.7 Å². The summed E-state index contributed by atoms with van der Waals surface area (Å²) in [5.41, 5.74) is 2.46. The smallest absolute Gasteiger partial charge is 0.143 e. The van der Waals surface area contributed by atoms with Crippen molar-refractivity contribution >= 4 is 23.2 Å². The van der Waals surface area contributed by atoms with E-state index in [1.165, 1.54) is 32.4 Å². The summed E-state index contributed by atoms with van der Waals surface area (Å²) in [6, 6.07) is 27.6. The maximum atomic E-state index is 9.39. The van der Waals surface area contributed by atoms with Crippen molar-refractivity contribution in [2.45, 2.75) is 19.3 Å². The molecule has 1 fully saturated rings. The number of nitrogens with zero attached hydrogens (tertiary/aromatic N) is 2. The molecule has 0 amide bonds. The fourth-order valence-electron chi connectivity index (χ4n) is 4.70. The van der Waals surface area contributed by atoms with Crippen LogP contribution in [0.2, 0.25) is 0 Å². The summed E-state index contributed by atoms with van der Waals surface area (Å²) in [7, 11) is 1.66. The largest absolute Gasteiger partial charge is 0.497 e. The van der Waals surface area contributed by atoms with Crippen LogP contribution in [-0.4, -0.2) is 38.3 Å². The van der Waals surface area contributed by atoms with Crippen molar-refractivity contribution in [3.05, 3.63) is 84.4 Å². The molecule has 1 aliphatic heterocycles. The van der Waals surface area contributed by atoms with Crippen molar-refractivity contribution in [3.63, 3.8) is 0 Å². The van der Waals surface area contributed by atoms with Crippen molar-refractivity contribution in [1.82, 2.24) is 4.90 Å². The first-order valence-corrected chi connectivity index (χ1v) is 12.5. The SMILES string of the molecule is COc1ccc2c(Oc3ccc(OCCN4CCCCC4)cc3)c(-c3cccc(C#N)c3)ccc2c1.Cl. The zero-order chi connectivity index (χ0) is 24.7. The molecule has 190 valence electrons. The highest BCUT2D eigenvalue weighted by molar-refractivity contribution is 5.96. The highest BCUT2D eigenvalue weighted by atomic mass is 35.5. The van der Waals surface area contributed by atoms with E-state index < -0.39 is 0 Å². The third-order valence-corrected chi connectivity index (χ3v) is 6.65. The molecule has 0 saturated carbocycles. The monoisotopic (exact) mass is 514 g/mol. The van der Waals surface area contributed by atoms with Gasteiger partial charge in [-0.25, -0.2) is 0 Å². The van der Waals surface area contributed by atoms with Crippen LogP contribution >= 0.6 is 12.4 Å². The summed E-state index contributed by atoms with van der Waals surface area (Å²) in [5, 5.41) is 11.4. The molecule has 5 nitrogen and oxygen atoms in total. The summed E-state index contributed by atoms with van der Waals surface area (Å²) < 4.78 is 17.9. The second-order valence-corrected chi connectivity index (χ2v) is 9.05. The van der Waals surface area contributed by atoms with E-state index in [2.05, 4.69) is 17.0 Å². The molecule has 6 heteroatoms. The molecule has 0 bridgehead atoms. The van der Waals surface area contributed by atoms with Crippen LogP contribution in [0, 0.1) is 11.3 Å². The molecule has 5 rings (SSSR count). The van der Waals surface area contributed by atoms with Gasteiger partial charge in [0.15, 0.2) is 0 Å². The van der Waals surface area contributed by atoms with E-state index in [0.29, 0.717) is 12.2 Å². The van der Waals surface area contributed by atoms with E-state index in [9.17, 15) is 5.26 Å². The maximum absolute atomic E-state index is 9.39. The van der Waals surface area contributed by atoms with Gasteiger partial charge in [0.05, 0.1) is 18.7 Å². The van der Waals surface area contributed by atoms with E-state index in [0.717, 1.165) is 51.4 Å². The molecule has 0 aliphatic carbocycles. The number of piperidine rings is 1. The highest BCUT2D eigenvalue weighted by Gasteiger charge is 2.14. The first-order chi connectivity index (χ1) is 17.7. The number of halogens is 1. The lowest BCUT2D eigenvalue weighted by molar-refractivity contribution is 0.183. The van der Waals surface area contributed by atoms with E-state index in [-0.39, 0.29) is 12.4 Å². The summed E-state index contributed by atoms with van der Waals surface area (Å²) in [4.78, 5) is 2.47. The maximum Gasteiger partial charge on any atom is 0.143 e. The van der Waals surface area contributed by atoms with E-state index in [1.54, 1.807) is 13.2 Å². The molecule has 0 aromatic heterocycles. The number of hydrogen-bond acceptors (Lipinski definition) is 5. The van der Waals surface area contributed by atoms with Gasteiger partial charge in [0, 0.05) is 17.5 Å². The second kappa shape index (κ2) is 12.5. The van der Waals surface area contributed by atoms with Crippen LogP contribution in [0.4, 0.5) is 0 Å². The molecule has 37 heavy (non-hydrogen) atoms. The Morgan fingerprint density at radius 3 is 2.35 bits per heavy atom. The summed E-state index contributed by atoms with van der Waals surface area (Å²) in [5.74, 6) is 3.09. The van der Waals surface area contributed by atoms with Crippen LogP contribution < -0.4 is 14.2 Å². The van der Waals surface area contributed by atoms with Crippen molar-refractivity contribution in [2.24, 2.45) is 0 Å². The molecule has 0 spiro atoms. The number of ether oxygens (including phenoxy) is 3. The lowest BCUT2D eigenvalue weighted by Gasteiger charge is -2.26. The third-order valence-electron chi connectivity index (χ3n) is 6.65. The average molecular weight is 515 g/mol. The summed E-state index contributed by atoms with van der Waals surface area (Å²) in [6.45, 7) is 3.99. The van der Waals surface area contributed by atoms with Crippen molar-refractivity contribution < 1.29 is 14.2 Å². The minimum atomic E-state index is 0. The van der Waals surface area contributed by atoms with Crippen LogP contribution in [0.3, 0.4) is 0 Å². The molecule has 4 aromatic rings. The Kier molecular flexibility index (Phi) is 8.90. The first-order valence-electron chi connectivity index (χ1n) is 12.5. The Morgan fingerprint density at radius 2 is 1.59 bits per heavy atom. The highest BCUT2D eigenvalue weighted by Crippen LogP contribution is 2.41. The molecule has 0 unspecified atom stereocenters. The van der Waals surface area contributed by atoms with Crippen LogP contribution in [0.15, 0.2) is 78.9 Å². The van der Waals surface area contributed by atoms with Gasteiger partial charge >= 0.3 is 0 Å². The lowest BCUT2D eigenvalue weighted by atomic mass is 9.98. The van der Waals surface area contributed by atoms with E-state index >= 15 is 0 Å². The molecule has 0 N–H and O–H groups in total. The molecule has 0 atom stereocenters. The zero-order valence-corrected chi connectivity index (χ0v) is 21.8. The minimum absolute atomic E-state index is 0. The molecule has 4 aromatic carbocycles. The van der Waals surface area contributed by atoms with Crippen molar-refractivity contribution in [1.29, 1.82) is 5.26 Å². The Labute approximate surface area is 224 Å². The quantitative estimate of drug-likeness (QED) is 0.244. The van der Waals surface area contributed by atoms with Gasteiger partial charge in [-0.15, -0.1) is 12.4 Å². The first kappa shape index (κ1) is 26.3. The van der Waals surface area contributed by atoms with Gasteiger partial charge in [-0.05, 0) is 97.5 Å². The fourth-order valence-corrected chi connectivity index (χ4v) is 4.70. The van der Waals surface area contributed by atoms with Gasteiger partial charge < -0.3 is 14.2 Å². The number of fused-ring (bicyclic) bond motifs is 1. The van der Waals surface area contributed by atoms with Gasteiger partial charge in [-0.3, -0.25) is 4.90 Å². The van der Waals surface area contributed by atoms with E-state index in [4.69, 9.17) is 14.2 Å². The van der Waals surface area contributed by atoms with Crippen molar-refractivity contribution in [3.8, 4) is 40.2 Å². The van der Waals surface area contributed by atoms with Gasteiger partial charge in [0.25, 0.3) is 0 Å². The Bertz CT molecular complexity index is 1380. The Hall–Kier alpha value is -3.72. The Balaban J connectivity index is 0.00000320. The second-order valence-electron chi connectivity index (χ2n) is 9.05. The van der Waals surface area contributed by atoms with Gasteiger partial charge in [-0.2, -0.15) is 5.26 Å². The zero-order valence-electron chi connectivity index (χ0n) is 21.0. The molecule has 0 radical (unpaired) electrons. The van der Waals surface area contributed by atoms with Gasteiger partial charge in [0.2, 0.25) is 0 Å². The van der Waals surface area contributed by atoms with Crippen molar-refractivity contribution in [2.75, 3.05) is 33.4 Å². The number of likely N-dealkylation sites (tertiary alicyclic amines) is 1. The van der Waals surface area contributed by atoms with Gasteiger partial charge in [-0.1, -0.05) is 24.6 Å². The predicted octanol–water partition coefficient (Wildman–Crippen LogP) is 7.47. The van der Waals surface area contributed by atoms with Crippen LogP contribution in [-0.2, 0) is 0 Å². The Morgan fingerprint density at radius 1 is 0.838 bits per heavy atom. The van der Waals surface area contributed by atoms with Gasteiger partial charge in [0.1, 0.15) is 29.6 Å². The normalized spacial score (nSPS) is 13.4. The number of nitriles is 1. The number of hydrogen-bond donors (Lipinski definition) is 0. The standard InChI is InChI=1S/C31H30N2O3.ClH/c1-34-28-13-15-30-25(21-28)8-14-29(24-7-5-6-23(20-24)22-32)31(30)36-27-11-9-26(10-12-27)35-19-18-33-16-3-2-4-17-33;/h5-15,20-21H,2-4,16-19H2,1H3;1H. The molecule has 1 aliphatic rings. The minimum Gasteiger partial charge on any atom is -0.497 e. The van der Waals surface area contributed by atoms with Crippen LogP contribution in [0.25, 0.3) is 21.9 Å². The molecule has 1 saturated heterocycles. The van der Waals surface area contributed by atoms with E-state index in [1.807, 2.05) is 66.7 Å². The number of methoxy groups -OCH3 is 1. The third kappa shape index (κ3) is 6.35. The van der Waals surface area contributed by atoms with Crippen LogP contribution in [0.1, 0.15) is 24.8 Å². The molecular formula is C31H31ClN2O3. The lowest BCUT2D eigenvalue weighted by Crippen LogP contribution is -2.33. The molecule has 1 heterocycles. The summed E-state index contributed by atoms with van der Waals surface area (Å²) in [6.07, 6.45) is 3.92.